The van der Waals surface area contributed by atoms with Gasteiger partial charge in [0, 0.05) is 0 Å². The molecule has 0 aliphatic heterocycles. The van der Waals surface area contributed by atoms with Crippen LogP contribution in [0.1, 0.15) is 6.92 Å². The topological polar surface area (TPSA) is 72.8 Å². The molecule has 0 fully saturated rings. The summed E-state index contributed by atoms with van der Waals surface area (Å²) in [6, 6.07) is 5.28. The van der Waals surface area contributed by atoms with E-state index in [4.69, 9.17) is 5.11 Å². The third-order valence-electron chi connectivity index (χ3n) is 1.30. The fourth-order valence-electron chi connectivity index (χ4n) is 0.788. The van der Waals surface area contributed by atoms with Gasteiger partial charge in [-0.2, -0.15) is 8.42 Å². The Bertz CT molecular complexity index is 386. The van der Waals surface area contributed by atoms with Gasteiger partial charge >= 0.3 is 40.0 Å². The van der Waals surface area contributed by atoms with Crippen molar-refractivity contribution in [1.82, 2.24) is 0 Å². The van der Waals surface area contributed by atoms with Crippen LogP contribution in [0.3, 0.4) is 0 Å². The molecule has 0 radical (unpaired) electrons. The molecule has 80 valence electrons. The van der Waals surface area contributed by atoms with Gasteiger partial charge in [-0.25, -0.2) is 4.18 Å². The van der Waals surface area contributed by atoms with Gasteiger partial charge in [-0.15, -0.1) is 0 Å². The van der Waals surface area contributed by atoms with Gasteiger partial charge < -0.3 is 9.29 Å². The fourth-order valence-corrected chi connectivity index (χ4v) is 1.47. The van der Waals surface area contributed by atoms with E-state index < -0.39 is 10.4 Å². The van der Waals surface area contributed by atoms with E-state index in [9.17, 15) is 8.42 Å². The van der Waals surface area contributed by atoms with Gasteiger partial charge in [0.15, 0.2) is 0 Å². The molecule has 0 spiro atoms. The van der Waals surface area contributed by atoms with Crippen LogP contribution in [0.5, 0.6) is 11.5 Å². The van der Waals surface area contributed by atoms with Crippen molar-refractivity contribution >= 4 is 40.0 Å². The monoisotopic (exact) mass is 242 g/mol. The van der Waals surface area contributed by atoms with Gasteiger partial charge in [0.05, 0.1) is 6.61 Å². The molecular formula is C8H11NaO5S. The van der Waals surface area contributed by atoms with Crippen molar-refractivity contribution in [2.45, 2.75) is 6.92 Å². The minimum absolute atomic E-state index is 0. The van der Waals surface area contributed by atoms with Crippen LogP contribution in [-0.2, 0) is 14.6 Å². The van der Waals surface area contributed by atoms with Gasteiger partial charge in [0.2, 0.25) is 0 Å². The Morgan fingerprint density at radius 1 is 1.27 bits per heavy atom. The normalized spacial score (nSPS) is 10.5. The maximum absolute atomic E-state index is 11.0. The number of rotatable bonds is 4. The second-order valence-electron chi connectivity index (χ2n) is 2.39. The average molecular weight is 242 g/mol. The molecule has 0 unspecified atom stereocenters. The predicted octanol–water partition coefficient (Wildman–Crippen LogP) is 0.404. The molecule has 7 heteroatoms. The summed E-state index contributed by atoms with van der Waals surface area (Å²) in [5, 5.41) is 8.92. The van der Waals surface area contributed by atoms with Gasteiger partial charge in [-0.3, -0.25) is 0 Å². The average Bonchev–Trinajstić information content (AvgIpc) is 2.08. The number of phenolic OH excluding ortho intramolecular Hbond substituents is 1. The Hall–Kier alpha value is -0.270. The molecular weight excluding hydrogens is 231 g/mol. The molecule has 0 saturated carbocycles. The number of hydrogen-bond donors (Lipinski definition) is 1. The van der Waals surface area contributed by atoms with E-state index in [-0.39, 0.29) is 47.7 Å². The zero-order valence-electron chi connectivity index (χ0n) is 7.50. The summed E-state index contributed by atoms with van der Waals surface area (Å²) in [5.74, 6) is 0.127. The molecule has 1 rings (SSSR count). The van der Waals surface area contributed by atoms with Crippen molar-refractivity contribution in [3.05, 3.63) is 24.3 Å². The Morgan fingerprint density at radius 2 is 1.80 bits per heavy atom. The standard InChI is InChI=1S/C8H10O5S.Na.H/c1-2-12-14(10,11)13-8-5-3-7(9)4-6-8;;/h3-6,9H,2H2,1H3;;. The second kappa shape index (κ2) is 6.34. The third kappa shape index (κ3) is 5.39. The summed E-state index contributed by atoms with van der Waals surface area (Å²) in [4.78, 5) is 0. The molecule has 0 heterocycles. The summed E-state index contributed by atoms with van der Waals surface area (Å²) < 4.78 is 30.8. The number of aromatic hydroxyl groups is 1. The summed E-state index contributed by atoms with van der Waals surface area (Å²) in [5.41, 5.74) is 0. The molecule has 0 saturated heterocycles. The van der Waals surface area contributed by atoms with Gasteiger partial charge in [-0.05, 0) is 31.2 Å². The van der Waals surface area contributed by atoms with Crippen molar-refractivity contribution < 1.29 is 21.9 Å². The molecule has 0 aromatic heterocycles. The predicted molar refractivity (Wildman–Crippen MR) is 56.4 cm³/mol. The van der Waals surface area contributed by atoms with Crippen LogP contribution in [0.4, 0.5) is 0 Å². The molecule has 1 aromatic carbocycles. The second-order valence-corrected chi connectivity index (χ2v) is 3.61. The Morgan fingerprint density at radius 3 is 2.27 bits per heavy atom. The zero-order valence-corrected chi connectivity index (χ0v) is 8.32. The van der Waals surface area contributed by atoms with Crippen LogP contribution < -0.4 is 4.18 Å². The van der Waals surface area contributed by atoms with Crippen molar-refractivity contribution in [3.63, 3.8) is 0 Å². The van der Waals surface area contributed by atoms with Crippen LogP contribution >= 0.6 is 0 Å². The molecule has 15 heavy (non-hydrogen) atoms. The van der Waals surface area contributed by atoms with Crippen LogP contribution in [0.15, 0.2) is 24.3 Å². The van der Waals surface area contributed by atoms with Gasteiger partial charge in [0.1, 0.15) is 11.5 Å². The number of phenols is 1. The van der Waals surface area contributed by atoms with E-state index in [1.54, 1.807) is 0 Å². The van der Waals surface area contributed by atoms with Crippen LogP contribution in [-0.4, -0.2) is 49.7 Å². The van der Waals surface area contributed by atoms with Crippen molar-refractivity contribution in [3.8, 4) is 11.5 Å². The van der Waals surface area contributed by atoms with E-state index in [0.717, 1.165) is 0 Å². The van der Waals surface area contributed by atoms with Crippen molar-refractivity contribution in [2.24, 2.45) is 0 Å². The summed E-state index contributed by atoms with van der Waals surface area (Å²) in [7, 11) is -3.98. The molecule has 0 aliphatic rings. The van der Waals surface area contributed by atoms with Gasteiger partial charge in [-0.1, -0.05) is 0 Å². The summed E-state index contributed by atoms with van der Waals surface area (Å²) in [6.07, 6.45) is 0. The van der Waals surface area contributed by atoms with Gasteiger partial charge in [0.25, 0.3) is 0 Å². The molecule has 0 aliphatic carbocycles. The van der Waals surface area contributed by atoms with Crippen molar-refractivity contribution in [2.75, 3.05) is 6.61 Å². The minimum atomic E-state index is -3.98. The molecule has 1 N–H and O–H groups in total. The Balaban J connectivity index is 0.00000196. The fraction of sp³-hybridized carbons (Fsp3) is 0.250. The first kappa shape index (κ1) is 14.7. The van der Waals surface area contributed by atoms with E-state index in [1.807, 2.05) is 0 Å². The third-order valence-corrected chi connectivity index (χ3v) is 2.22. The number of hydrogen-bond acceptors (Lipinski definition) is 5. The van der Waals surface area contributed by atoms with Crippen LogP contribution in [0.25, 0.3) is 0 Å². The molecule has 0 amide bonds. The van der Waals surface area contributed by atoms with Crippen LogP contribution in [0.2, 0.25) is 0 Å². The van der Waals surface area contributed by atoms with E-state index in [0.29, 0.717) is 0 Å². The first-order chi connectivity index (χ1) is 6.53. The van der Waals surface area contributed by atoms with E-state index >= 15 is 0 Å². The zero-order chi connectivity index (χ0) is 10.6. The van der Waals surface area contributed by atoms with Crippen LogP contribution in [0, 0.1) is 0 Å². The molecule has 0 bridgehead atoms. The maximum atomic E-state index is 11.0. The Labute approximate surface area is 111 Å². The quantitative estimate of drug-likeness (QED) is 0.774. The van der Waals surface area contributed by atoms with Crippen molar-refractivity contribution in [1.29, 1.82) is 0 Å². The van der Waals surface area contributed by atoms with E-state index in [1.165, 1.54) is 31.2 Å². The first-order valence-corrected chi connectivity index (χ1v) is 5.24. The number of benzene rings is 1. The Kier molecular flexibility index (Phi) is 6.23. The summed E-state index contributed by atoms with van der Waals surface area (Å²) in [6.45, 7) is 1.55. The van der Waals surface area contributed by atoms with E-state index in [2.05, 4.69) is 8.37 Å². The molecule has 1 aromatic rings. The SMILES string of the molecule is CCOS(=O)(=O)Oc1ccc(O)cc1.[NaH]. The summed E-state index contributed by atoms with van der Waals surface area (Å²) >= 11 is 0. The molecule has 0 atom stereocenters. The first-order valence-electron chi connectivity index (χ1n) is 3.91. The molecule has 5 nitrogen and oxygen atoms in total.